The second-order valence-electron chi connectivity index (χ2n) is 4.94. The molecule has 1 atom stereocenters. The van der Waals surface area contributed by atoms with Gasteiger partial charge in [-0.25, -0.2) is 13.1 Å². The molecule has 0 aliphatic heterocycles. The Kier molecular flexibility index (Phi) is 5.50. The van der Waals surface area contributed by atoms with Crippen LogP contribution in [0.5, 0.6) is 0 Å². The Bertz CT molecular complexity index is 642. The summed E-state index contributed by atoms with van der Waals surface area (Å²) >= 11 is 0. The summed E-state index contributed by atoms with van der Waals surface area (Å²) < 4.78 is 26.5. The van der Waals surface area contributed by atoms with E-state index in [9.17, 15) is 8.42 Å². The lowest BCUT2D eigenvalue weighted by Crippen LogP contribution is -2.28. The van der Waals surface area contributed by atoms with Gasteiger partial charge in [-0.2, -0.15) is 0 Å². The molecule has 2 rings (SSSR count). The number of benzene rings is 2. The van der Waals surface area contributed by atoms with Crippen molar-refractivity contribution >= 4 is 10.0 Å². The molecule has 0 aliphatic carbocycles. The fourth-order valence-corrected chi connectivity index (χ4v) is 3.24. The van der Waals surface area contributed by atoms with Crippen LogP contribution in [0.4, 0.5) is 0 Å². The van der Waals surface area contributed by atoms with E-state index in [1.807, 2.05) is 48.5 Å². The van der Waals surface area contributed by atoms with E-state index < -0.39 is 10.0 Å². The Hall–Kier alpha value is -1.69. The third kappa shape index (κ3) is 5.30. The lowest BCUT2D eigenvalue weighted by atomic mass is 10.1. The summed E-state index contributed by atoms with van der Waals surface area (Å²) in [4.78, 5) is 0. The average molecular weight is 304 g/mol. The summed E-state index contributed by atoms with van der Waals surface area (Å²) in [6.45, 7) is 0.339. The predicted octanol–water partition coefficient (Wildman–Crippen LogP) is 2.20. The van der Waals surface area contributed by atoms with Gasteiger partial charge in [-0.1, -0.05) is 60.7 Å². The van der Waals surface area contributed by atoms with E-state index in [0.717, 1.165) is 11.1 Å². The Labute approximate surface area is 126 Å². The molecular weight excluding hydrogens is 284 g/mol. The topological polar surface area (TPSA) is 72.2 Å². The number of sulfonamides is 1. The van der Waals surface area contributed by atoms with E-state index in [0.29, 0.717) is 13.0 Å². The number of hydrogen-bond acceptors (Lipinski definition) is 3. The second kappa shape index (κ2) is 7.36. The minimum Gasteiger partial charge on any atom is -0.324 e. The molecule has 0 amide bonds. The van der Waals surface area contributed by atoms with Gasteiger partial charge in [0.05, 0.1) is 5.75 Å². The first kappa shape index (κ1) is 15.7. The molecule has 21 heavy (non-hydrogen) atoms. The van der Waals surface area contributed by atoms with Crippen LogP contribution in [-0.2, 0) is 15.8 Å². The van der Waals surface area contributed by atoms with E-state index in [1.165, 1.54) is 0 Å². The number of rotatable bonds is 7. The van der Waals surface area contributed by atoms with Gasteiger partial charge in [0.15, 0.2) is 0 Å². The SMILES string of the molecule is NC(CCNS(=O)(=O)Cc1ccccc1)c1ccccc1. The van der Waals surface area contributed by atoms with Crippen molar-refractivity contribution in [3.8, 4) is 0 Å². The van der Waals surface area contributed by atoms with Crippen LogP contribution in [0.15, 0.2) is 60.7 Å². The summed E-state index contributed by atoms with van der Waals surface area (Å²) in [5.74, 6) is -0.00554. The normalized spacial score (nSPS) is 13.0. The van der Waals surface area contributed by atoms with E-state index in [4.69, 9.17) is 5.73 Å². The predicted molar refractivity (Wildman–Crippen MR) is 85.1 cm³/mol. The van der Waals surface area contributed by atoms with Crippen LogP contribution >= 0.6 is 0 Å². The van der Waals surface area contributed by atoms with Gasteiger partial charge >= 0.3 is 0 Å². The summed E-state index contributed by atoms with van der Waals surface area (Å²) in [5, 5.41) is 0. The van der Waals surface area contributed by atoms with Crippen molar-refractivity contribution in [3.05, 3.63) is 71.8 Å². The zero-order chi connectivity index (χ0) is 15.1. The Morgan fingerprint density at radius 3 is 2.14 bits per heavy atom. The summed E-state index contributed by atoms with van der Waals surface area (Å²) in [5.41, 5.74) is 7.83. The maximum absolute atomic E-state index is 12.0. The number of nitrogens with two attached hydrogens (primary N) is 1. The van der Waals surface area contributed by atoms with Gasteiger partial charge in [-0.3, -0.25) is 0 Å². The van der Waals surface area contributed by atoms with Crippen molar-refractivity contribution in [2.24, 2.45) is 5.73 Å². The van der Waals surface area contributed by atoms with Crippen molar-refractivity contribution in [3.63, 3.8) is 0 Å². The lowest BCUT2D eigenvalue weighted by Gasteiger charge is -2.12. The zero-order valence-corrected chi connectivity index (χ0v) is 12.6. The second-order valence-corrected chi connectivity index (χ2v) is 6.75. The smallest absolute Gasteiger partial charge is 0.215 e. The highest BCUT2D eigenvalue weighted by Crippen LogP contribution is 2.12. The molecule has 0 saturated carbocycles. The molecule has 0 spiro atoms. The Morgan fingerprint density at radius 1 is 0.952 bits per heavy atom. The van der Waals surface area contributed by atoms with E-state index in [-0.39, 0.29) is 11.8 Å². The van der Waals surface area contributed by atoms with Crippen molar-refractivity contribution in [2.45, 2.75) is 18.2 Å². The molecule has 0 aliphatic rings. The van der Waals surface area contributed by atoms with Crippen molar-refractivity contribution in [1.29, 1.82) is 0 Å². The Balaban J connectivity index is 1.82. The molecule has 3 N–H and O–H groups in total. The molecule has 4 nitrogen and oxygen atoms in total. The van der Waals surface area contributed by atoms with Gasteiger partial charge in [-0.05, 0) is 17.5 Å². The molecular formula is C16H20N2O2S. The van der Waals surface area contributed by atoms with Gasteiger partial charge in [0.2, 0.25) is 10.0 Å². The van der Waals surface area contributed by atoms with Crippen molar-refractivity contribution in [1.82, 2.24) is 4.72 Å². The van der Waals surface area contributed by atoms with Gasteiger partial charge in [0, 0.05) is 12.6 Å². The molecule has 0 radical (unpaired) electrons. The summed E-state index contributed by atoms with van der Waals surface area (Å²) in [7, 11) is -3.32. The summed E-state index contributed by atoms with van der Waals surface area (Å²) in [6, 6.07) is 18.6. The maximum atomic E-state index is 12.0. The zero-order valence-electron chi connectivity index (χ0n) is 11.8. The molecule has 1 unspecified atom stereocenters. The first-order valence-corrected chi connectivity index (χ1v) is 8.54. The molecule has 112 valence electrons. The minimum atomic E-state index is -3.32. The fourth-order valence-electron chi connectivity index (χ4n) is 2.08. The highest BCUT2D eigenvalue weighted by atomic mass is 32.2. The van der Waals surface area contributed by atoms with Gasteiger partial charge in [0.1, 0.15) is 0 Å². The Morgan fingerprint density at radius 2 is 1.52 bits per heavy atom. The number of hydrogen-bond donors (Lipinski definition) is 2. The molecule has 5 heteroatoms. The van der Waals surface area contributed by atoms with Crippen LogP contribution in [0.2, 0.25) is 0 Å². The maximum Gasteiger partial charge on any atom is 0.215 e. The van der Waals surface area contributed by atoms with Gasteiger partial charge < -0.3 is 5.73 Å². The first-order valence-electron chi connectivity index (χ1n) is 6.88. The van der Waals surface area contributed by atoms with Crippen LogP contribution in [0.1, 0.15) is 23.6 Å². The van der Waals surface area contributed by atoms with Crippen LogP contribution in [0.25, 0.3) is 0 Å². The third-order valence-corrected chi connectivity index (χ3v) is 4.56. The van der Waals surface area contributed by atoms with Gasteiger partial charge in [-0.15, -0.1) is 0 Å². The first-order chi connectivity index (χ1) is 10.1. The number of nitrogens with one attached hydrogen (secondary N) is 1. The quantitative estimate of drug-likeness (QED) is 0.823. The standard InChI is InChI=1S/C16H20N2O2S/c17-16(15-9-5-2-6-10-15)11-12-18-21(19,20)13-14-7-3-1-4-8-14/h1-10,16,18H,11-13,17H2. The highest BCUT2D eigenvalue weighted by Gasteiger charge is 2.12. The molecule has 0 heterocycles. The van der Waals surface area contributed by atoms with Gasteiger partial charge in [0.25, 0.3) is 0 Å². The molecule has 2 aromatic carbocycles. The van der Waals surface area contributed by atoms with Crippen LogP contribution in [0.3, 0.4) is 0 Å². The molecule has 2 aromatic rings. The van der Waals surface area contributed by atoms with Crippen LogP contribution < -0.4 is 10.5 Å². The van der Waals surface area contributed by atoms with Crippen molar-refractivity contribution in [2.75, 3.05) is 6.54 Å². The largest absolute Gasteiger partial charge is 0.324 e. The third-order valence-electron chi connectivity index (χ3n) is 3.20. The molecule has 0 aromatic heterocycles. The van der Waals surface area contributed by atoms with Crippen LogP contribution in [0, 0.1) is 0 Å². The molecule has 0 bridgehead atoms. The molecule has 0 saturated heterocycles. The average Bonchev–Trinajstić information content (AvgIpc) is 2.48. The van der Waals surface area contributed by atoms with E-state index >= 15 is 0 Å². The van der Waals surface area contributed by atoms with Crippen LogP contribution in [-0.4, -0.2) is 15.0 Å². The lowest BCUT2D eigenvalue weighted by molar-refractivity contribution is 0.568. The molecule has 0 fully saturated rings. The highest BCUT2D eigenvalue weighted by molar-refractivity contribution is 7.88. The monoisotopic (exact) mass is 304 g/mol. The fraction of sp³-hybridized carbons (Fsp3) is 0.250. The minimum absolute atomic E-state index is 0.00554. The van der Waals surface area contributed by atoms with Crippen molar-refractivity contribution < 1.29 is 8.42 Å². The van der Waals surface area contributed by atoms with E-state index in [1.54, 1.807) is 12.1 Å². The van der Waals surface area contributed by atoms with E-state index in [2.05, 4.69) is 4.72 Å². The summed E-state index contributed by atoms with van der Waals surface area (Å²) in [6.07, 6.45) is 0.567.